The molecule has 128 valence electrons. The molecule has 2 rings (SSSR count). The Bertz CT molecular complexity index is 657. The SMILES string of the molecule is Cc1ccc(S(=O)(=O)O[C@@H](C(=O)OC(C)(C)C)C2CCN2)cc1. The van der Waals surface area contributed by atoms with Crippen LogP contribution in [0.15, 0.2) is 29.2 Å². The first-order valence-corrected chi connectivity index (χ1v) is 8.95. The summed E-state index contributed by atoms with van der Waals surface area (Å²) < 4.78 is 35.3. The summed E-state index contributed by atoms with van der Waals surface area (Å²) in [6, 6.07) is 5.93. The zero-order valence-electron chi connectivity index (χ0n) is 13.8. The van der Waals surface area contributed by atoms with Crippen LogP contribution in [0.3, 0.4) is 0 Å². The molecule has 7 heteroatoms. The van der Waals surface area contributed by atoms with Crippen molar-refractivity contribution in [3.63, 3.8) is 0 Å². The second-order valence-electron chi connectivity index (χ2n) is 6.67. The third-order valence-electron chi connectivity index (χ3n) is 3.41. The second kappa shape index (κ2) is 6.59. The number of ether oxygens (including phenoxy) is 1. The van der Waals surface area contributed by atoms with E-state index in [4.69, 9.17) is 8.92 Å². The van der Waals surface area contributed by atoms with E-state index >= 15 is 0 Å². The van der Waals surface area contributed by atoms with Crippen LogP contribution in [0.5, 0.6) is 0 Å². The standard InChI is InChI=1S/C16H23NO5S/c1-11-5-7-12(8-6-11)23(19,20)22-14(13-9-10-17-13)15(18)21-16(2,3)4/h5-8,13-14,17H,9-10H2,1-4H3/t13?,14-/m1/s1. The summed E-state index contributed by atoms with van der Waals surface area (Å²) in [6.07, 6.45) is -0.526. The van der Waals surface area contributed by atoms with E-state index in [1.165, 1.54) is 12.1 Å². The van der Waals surface area contributed by atoms with Crippen LogP contribution in [0.4, 0.5) is 0 Å². The smallest absolute Gasteiger partial charge is 0.338 e. The second-order valence-corrected chi connectivity index (χ2v) is 8.24. The Kier molecular flexibility index (Phi) is 5.13. The van der Waals surface area contributed by atoms with Crippen LogP contribution in [0, 0.1) is 6.92 Å². The van der Waals surface area contributed by atoms with Crippen LogP contribution >= 0.6 is 0 Å². The van der Waals surface area contributed by atoms with Gasteiger partial charge in [-0.25, -0.2) is 8.98 Å². The molecule has 1 aromatic carbocycles. The van der Waals surface area contributed by atoms with E-state index in [-0.39, 0.29) is 10.9 Å². The van der Waals surface area contributed by atoms with Gasteiger partial charge in [0.15, 0.2) is 6.10 Å². The highest BCUT2D eigenvalue weighted by Crippen LogP contribution is 2.22. The van der Waals surface area contributed by atoms with E-state index in [0.717, 1.165) is 12.1 Å². The van der Waals surface area contributed by atoms with Gasteiger partial charge in [-0.15, -0.1) is 0 Å². The van der Waals surface area contributed by atoms with E-state index in [1.54, 1.807) is 32.9 Å². The summed E-state index contributed by atoms with van der Waals surface area (Å²) >= 11 is 0. The lowest BCUT2D eigenvalue weighted by Crippen LogP contribution is -2.56. The number of rotatable bonds is 5. The van der Waals surface area contributed by atoms with Crippen LogP contribution in [0.1, 0.15) is 32.8 Å². The quantitative estimate of drug-likeness (QED) is 0.649. The number of hydrogen-bond donors (Lipinski definition) is 1. The topological polar surface area (TPSA) is 81.7 Å². The van der Waals surface area contributed by atoms with Crippen molar-refractivity contribution in [2.24, 2.45) is 0 Å². The highest BCUT2D eigenvalue weighted by molar-refractivity contribution is 7.86. The molecule has 1 N–H and O–H groups in total. The van der Waals surface area contributed by atoms with Gasteiger partial charge >= 0.3 is 5.97 Å². The van der Waals surface area contributed by atoms with Gasteiger partial charge in [0.1, 0.15) is 5.60 Å². The lowest BCUT2D eigenvalue weighted by atomic mass is 10.0. The van der Waals surface area contributed by atoms with Crippen molar-refractivity contribution in [2.45, 2.75) is 56.8 Å². The van der Waals surface area contributed by atoms with E-state index in [2.05, 4.69) is 5.32 Å². The Hall–Kier alpha value is -1.44. The first-order chi connectivity index (χ1) is 10.6. The van der Waals surface area contributed by atoms with Crippen LogP contribution in [0.25, 0.3) is 0 Å². The molecule has 1 saturated heterocycles. The number of esters is 1. The first-order valence-electron chi connectivity index (χ1n) is 7.55. The van der Waals surface area contributed by atoms with Gasteiger partial charge in [0.25, 0.3) is 10.1 Å². The number of carbonyl (C=O) groups is 1. The Morgan fingerprint density at radius 3 is 2.26 bits per heavy atom. The number of carbonyl (C=O) groups excluding carboxylic acids is 1. The van der Waals surface area contributed by atoms with Gasteiger partial charge in [0, 0.05) is 6.04 Å². The summed E-state index contributed by atoms with van der Waals surface area (Å²) in [4.78, 5) is 12.3. The minimum atomic E-state index is -4.04. The summed E-state index contributed by atoms with van der Waals surface area (Å²) in [5.74, 6) is -0.676. The summed E-state index contributed by atoms with van der Waals surface area (Å²) in [5, 5.41) is 3.01. The average molecular weight is 341 g/mol. The Morgan fingerprint density at radius 2 is 1.83 bits per heavy atom. The van der Waals surface area contributed by atoms with Crippen molar-refractivity contribution in [1.82, 2.24) is 5.32 Å². The number of hydrogen-bond acceptors (Lipinski definition) is 6. The Labute approximate surface area is 137 Å². The zero-order valence-corrected chi connectivity index (χ0v) is 14.6. The fourth-order valence-corrected chi connectivity index (χ4v) is 3.16. The molecule has 6 nitrogen and oxygen atoms in total. The highest BCUT2D eigenvalue weighted by Gasteiger charge is 2.40. The number of nitrogens with one attached hydrogen (secondary N) is 1. The minimum absolute atomic E-state index is 0.0241. The summed E-state index contributed by atoms with van der Waals surface area (Å²) in [6.45, 7) is 7.76. The van der Waals surface area contributed by atoms with Gasteiger partial charge in [-0.2, -0.15) is 8.42 Å². The van der Waals surface area contributed by atoms with Gasteiger partial charge in [0.2, 0.25) is 0 Å². The first kappa shape index (κ1) is 17.9. The maximum Gasteiger partial charge on any atom is 0.338 e. The minimum Gasteiger partial charge on any atom is -0.458 e. The molecular weight excluding hydrogens is 318 g/mol. The molecule has 1 unspecified atom stereocenters. The molecule has 23 heavy (non-hydrogen) atoms. The number of aryl methyl sites for hydroxylation is 1. The lowest BCUT2D eigenvalue weighted by molar-refractivity contribution is -0.165. The third kappa shape index (κ3) is 4.76. The molecule has 0 bridgehead atoms. The molecule has 1 aliphatic rings. The van der Waals surface area contributed by atoms with Gasteiger partial charge in [-0.3, -0.25) is 0 Å². The van der Waals surface area contributed by atoms with Crippen molar-refractivity contribution < 1.29 is 22.1 Å². The summed E-state index contributed by atoms with van der Waals surface area (Å²) in [5.41, 5.74) is 0.226. The fourth-order valence-electron chi connectivity index (χ4n) is 2.10. The average Bonchev–Trinajstić information content (AvgIpc) is 2.34. The zero-order chi connectivity index (χ0) is 17.3. The molecule has 0 spiro atoms. The van der Waals surface area contributed by atoms with Crippen molar-refractivity contribution in [2.75, 3.05) is 6.54 Å². The fraction of sp³-hybridized carbons (Fsp3) is 0.562. The molecule has 0 amide bonds. The van der Waals surface area contributed by atoms with E-state index in [9.17, 15) is 13.2 Å². The molecule has 0 saturated carbocycles. The molecule has 1 aromatic rings. The molecular formula is C16H23NO5S. The predicted molar refractivity (Wildman–Crippen MR) is 85.5 cm³/mol. The Morgan fingerprint density at radius 1 is 1.26 bits per heavy atom. The highest BCUT2D eigenvalue weighted by atomic mass is 32.2. The monoisotopic (exact) mass is 341 g/mol. The van der Waals surface area contributed by atoms with Gasteiger partial charge in [0.05, 0.1) is 4.90 Å². The van der Waals surface area contributed by atoms with Crippen molar-refractivity contribution in [3.05, 3.63) is 29.8 Å². The molecule has 2 atom stereocenters. The van der Waals surface area contributed by atoms with Crippen LogP contribution in [-0.4, -0.2) is 38.7 Å². The molecule has 0 aliphatic carbocycles. The van der Waals surface area contributed by atoms with E-state index < -0.39 is 27.8 Å². The molecule has 0 radical (unpaired) electrons. The van der Waals surface area contributed by atoms with Gasteiger partial charge in [-0.1, -0.05) is 17.7 Å². The third-order valence-corrected chi connectivity index (χ3v) is 4.72. The van der Waals surface area contributed by atoms with Crippen LogP contribution in [0.2, 0.25) is 0 Å². The normalized spacial score (nSPS) is 19.7. The van der Waals surface area contributed by atoms with Crippen molar-refractivity contribution in [1.29, 1.82) is 0 Å². The van der Waals surface area contributed by atoms with Gasteiger partial charge < -0.3 is 10.1 Å². The molecule has 1 heterocycles. The Balaban J connectivity index is 2.20. The lowest BCUT2D eigenvalue weighted by Gasteiger charge is -2.34. The van der Waals surface area contributed by atoms with Crippen LogP contribution in [-0.2, 0) is 23.8 Å². The predicted octanol–water partition coefficient (Wildman–Crippen LogP) is 1.77. The largest absolute Gasteiger partial charge is 0.458 e. The van der Waals surface area contributed by atoms with Crippen molar-refractivity contribution in [3.8, 4) is 0 Å². The van der Waals surface area contributed by atoms with E-state index in [0.29, 0.717) is 6.42 Å². The van der Waals surface area contributed by atoms with Crippen molar-refractivity contribution >= 4 is 16.1 Å². The van der Waals surface area contributed by atoms with E-state index in [1.807, 2.05) is 6.92 Å². The molecule has 1 fully saturated rings. The summed E-state index contributed by atoms with van der Waals surface area (Å²) in [7, 11) is -4.04. The maximum absolute atomic E-state index is 12.4. The van der Waals surface area contributed by atoms with Gasteiger partial charge in [-0.05, 0) is 52.8 Å². The molecule has 1 aliphatic heterocycles. The molecule has 0 aromatic heterocycles. The number of benzene rings is 1. The van der Waals surface area contributed by atoms with Crippen LogP contribution < -0.4 is 5.32 Å². The maximum atomic E-state index is 12.4.